The molecular formula is C38H46N2O5. The lowest BCUT2D eigenvalue weighted by Crippen LogP contribution is -2.53. The van der Waals surface area contributed by atoms with Gasteiger partial charge in [0.15, 0.2) is 0 Å². The van der Waals surface area contributed by atoms with Gasteiger partial charge in [0.05, 0.1) is 6.42 Å². The van der Waals surface area contributed by atoms with Crippen molar-refractivity contribution in [3.63, 3.8) is 0 Å². The van der Waals surface area contributed by atoms with Gasteiger partial charge in [-0.1, -0.05) is 84.9 Å². The number of rotatable bonds is 10. The molecule has 1 aliphatic carbocycles. The quantitative estimate of drug-likeness (QED) is 0.248. The highest BCUT2D eigenvalue weighted by Gasteiger charge is 2.46. The van der Waals surface area contributed by atoms with Crippen molar-refractivity contribution in [3.8, 4) is 0 Å². The van der Waals surface area contributed by atoms with E-state index in [1.807, 2.05) is 80.3 Å². The summed E-state index contributed by atoms with van der Waals surface area (Å²) in [5.41, 5.74) is 3.97. The number of ether oxygens (including phenoxy) is 2. The molecule has 0 saturated carbocycles. The lowest BCUT2D eigenvalue weighted by Gasteiger charge is -2.41. The second kappa shape index (κ2) is 14.3. The predicted octanol–water partition coefficient (Wildman–Crippen LogP) is 7.08. The molecule has 1 heterocycles. The lowest BCUT2D eigenvalue weighted by atomic mass is 9.73. The number of nitrogens with zero attached hydrogens (tertiary/aromatic N) is 1. The van der Waals surface area contributed by atoms with Gasteiger partial charge in [-0.25, -0.2) is 4.79 Å². The fourth-order valence-electron chi connectivity index (χ4n) is 6.92. The molecule has 7 heteroatoms. The van der Waals surface area contributed by atoms with Crippen LogP contribution in [0.3, 0.4) is 0 Å². The first kappa shape index (κ1) is 32.3. The Morgan fingerprint density at radius 3 is 2.18 bits per heavy atom. The Hall–Kier alpha value is -4.13. The van der Waals surface area contributed by atoms with E-state index in [9.17, 15) is 14.4 Å². The number of piperidine rings is 1. The van der Waals surface area contributed by atoms with Gasteiger partial charge in [-0.2, -0.15) is 0 Å². The smallest absolute Gasteiger partial charge is 0.408 e. The van der Waals surface area contributed by atoms with Gasteiger partial charge < -0.3 is 19.7 Å². The van der Waals surface area contributed by atoms with E-state index in [0.29, 0.717) is 25.9 Å². The zero-order valence-electron chi connectivity index (χ0n) is 26.8. The average molecular weight is 611 g/mol. The highest BCUT2D eigenvalue weighted by molar-refractivity contribution is 5.86. The number of nitrogens with one attached hydrogen (secondary N) is 1. The Bertz CT molecular complexity index is 1440. The van der Waals surface area contributed by atoms with E-state index in [2.05, 4.69) is 35.6 Å². The number of carbonyl (C=O) groups is 3. The second-order valence-electron chi connectivity index (χ2n) is 13.5. The topological polar surface area (TPSA) is 84.9 Å². The highest BCUT2D eigenvalue weighted by Crippen LogP contribution is 2.52. The largest absolute Gasteiger partial charge is 0.461 e. The number of fused-ring (bicyclic) bond motifs is 2. The van der Waals surface area contributed by atoms with E-state index in [1.165, 1.54) is 16.7 Å². The van der Waals surface area contributed by atoms with Crippen molar-refractivity contribution < 1.29 is 23.9 Å². The van der Waals surface area contributed by atoms with Crippen LogP contribution in [0.1, 0.15) is 87.5 Å². The first-order valence-electron chi connectivity index (χ1n) is 16.2. The number of alkyl carbamates (subject to hydrolysis) is 1. The fraction of sp³-hybridized carbons (Fsp3) is 0.447. The third-order valence-electron chi connectivity index (χ3n) is 9.09. The molecule has 3 aromatic carbocycles. The summed E-state index contributed by atoms with van der Waals surface area (Å²) in [6.45, 7) is 6.93. The van der Waals surface area contributed by atoms with Crippen molar-refractivity contribution in [3.05, 3.63) is 107 Å². The molecule has 1 spiro atoms. The van der Waals surface area contributed by atoms with Crippen LogP contribution in [-0.4, -0.2) is 47.6 Å². The number of esters is 1. The minimum atomic E-state index is -0.653. The van der Waals surface area contributed by atoms with Crippen molar-refractivity contribution in [2.75, 3.05) is 13.1 Å². The molecule has 1 saturated heterocycles. The van der Waals surface area contributed by atoms with Crippen LogP contribution in [0.25, 0.3) is 0 Å². The maximum atomic E-state index is 13.9. The normalized spacial score (nSPS) is 17.8. The Morgan fingerprint density at radius 2 is 1.51 bits per heavy atom. The maximum absolute atomic E-state index is 13.9. The van der Waals surface area contributed by atoms with Gasteiger partial charge in [-0.15, -0.1) is 0 Å². The highest BCUT2D eigenvalue weighted by atomic mass is 16.6. The van der Waals surface area contributed by atoms with Crippen LogP contribution in [0.5, 0.6) is 0 Å². The van der Waals surface area contributed by atoms with Gasteiger partial charge in [-0.05, 0) is 92.9 Å². The van der Waals surface area contributed by atoms with Crippen LogP contribution < -0.4 is 5.32 Å². The number of amides is 2. The Labute approximate surface area is 267 Å². The number of likely N-dealkylation sites (tertiary alicyclic amines) is 1. The van der Waals surface area contributed by atoms with E-state index < -0.39 is 17.7 Å². The standard InChI is InChI=1S/C38H46N2O5/c1-37(2,3)45-36(43)39-33(20-12-17-28-13-6-4-7-14-28)35(42)40-23-21-38(22-24-40)26-30(31-18-10-11-19-32(31)38)25-34(41)44-27-29-15-8-5-9-16-29/h4-11,13-16,18-19,30,33H,12,17,20-27H2,1-3H3,(H,39,43). The fourth-order valence-corrected chi connectivity index (χ4v) is 6.92. The summed E-state index contributed by atoms with van der Waals surface area (Å²) >= 11 is 0. The van der Waals surface area contributed by atoms with Crippen molar-refractivity contribution in [2.45, 2.75) is 95.3 Å². The van der Waals surface area contributed by atoms with Gasteiger partial charge >= 0.3 is 12.1 Å². The summed E-state index contributed by atoms with van der Waals surface area (Å²) in [6, 6.07) is 27.7. The molecule has 0 bridgehead atoms. The molecule has 3 aromatic rings. The first-order chi connectivity index (χ1) is 21.6. The molecule has 2 unspecified atom stereocenters. The van der Waals surface area contributed by atoms with E-state index >= 15 is 0 Å². The SMILES string of the molecule is CC(C)(C)OC(=O)NC(CCCc1ccccc1)C(=O)N1CCC2(CC1)CC(CC(=O)OCc1ccccc1)c1ccccc12. The zero-order valence-corrected chi connectivity index (χ0v) is 26.8. The van der Waals surface area contributed by atoms with E-state index in [4.69, 9.17) is 9.47 Å². The van der Waals surface area contributed by atoms with Crippen molar-refractivity contribution in [1.29, 1.82) is 0 Å². The number of hydrogen-bond donors (Lipinski definition) is 1. The molecular weight excluding hydrogens is 564 g/mol. The van der Waals surface area contributed by atoms with Crippen LogP contribution in [0, 0.1) is 0 Å². The van der Waals surface area contributed by atoms with Crippen LogP contribution in [0.2, 0.25) is 0 Å². The molecule has 0 radical (unpaired) electrons. The summed E-state index contributed by atoms with van der Waals surface area (Å²) < 4.78 is 11.2. The van der Waals surface area contributed by atoms with Crippen molar-refractivity contribution in [1.82, 2.24) is 10.2 Å². The maximum Gasteiger partial charge on any atom is 0.408 e. The van der Waals surface area contributed by atoms with Gasteiger partial charge in [-0.3, -0.25) is 9.59 Å². The Morgan fingerprint density at radius 1 is 0.889 bits per heavy atom. The molecule has 1 N–H and O–H groups in total. The van der Waals surface area contributed by atoms with Gasteiger partial charge in [0, 0.05) is 13.1 Å². The summed E-state index contributed by atoms with van der Waals surface area (Å²) in [5, 5.41) is 2.88. The van der Waals surface area contributed by atoms with Crippen LogP contribution in [0.4, 0.5) is 4.79 Å². The molecule has 7 nitrogen and oxygen atoms in total. The molecule has 1 aliphatic heterocycles. The predicted molar refractivity (Wildman–Crippen MR) is 175 cm³/mol. The molecule has 2 atom stereocenters. The monoisotopic (exact) mass is 610 g/mol. The molecule has 1 fully saturated rings. The van der Waals surface area contributed by atoms with Crippen LogP contribution >= 0.6 is 0 Å². The summed E-state index contributed by atoms with van der Waals surface area (Å²) in [6.07, 6.45) is 4.40. The third kappa shape index (κ3) is 8.53. The van der Waals surface area contributed by atoms with Gasteiger partial charge in [0.25, 0.3) is 0 Å². The lowest BCUT2D eigenvalue weighted by molar-refractivity contribution is -0.145. The summed E-state index contributed by atoms with van der Waals surface area (Å²) in [4.78, 5) is 41.4. The van der Waals surface area contributed by atoms with Crippen molar-refractivity contribution in [2.24, 2.45) is 0 Å². The van der Waals surface area contributed by atoms with Crippen LogP contribution in [-0.2, 0) is 37.5 Å². The summed E-state index contributed by atoms with van der Waals surface area (Å²) in [5.74, 6) is -0.155. The molecule has 5 rings (SSSR count). The minimum absolute atomic E-state index is 0.0592. The first-order valence-corrected chi connectivity index (χ1v) is 16.2. The van der Waals surface area contributed by atoms with Gasteiger partial charge in [0.2, 0.25) is 5.91 Å². The van der Waals surface area contributed by atoms with Crippen LogP contribution in [0.15, 0.2) is 84.9 Å². The Balaban J connectivity index is 1.21. The number of aryl methyl sites for hydroxylation is 1. The molecule has 2 aliphatic rings. The Kier molecular flexibility index (Phi) is 10.3. The molecule has 2 amide bonds. The molecule has 0 aromatic heterocycles. The molecule has 238 valence electrons. The van der Waals surface area contributed by atoms with Crippen molar-refractivity contribution >= 4 is 18.0 Å². The number of hydrogen-bond acceptors (Lipinski definition) is 5. The van der Waals surface area contributed by atoms with E-state index in [1.54, 1.807) is 0 Å². The average Bonchev–Trinajstić information content (AvgIpc) is 3.32. The number of carbonyl (C=O) groups excluding carboxylic acids is 3. The molecule has 45 heavy (non-hydrogen) atoms. The van der Waals surface area contributed by atoms with E-state index in [-0.39, 0.29) is 29.8 Å². The summed E-state index contributed by atoms with van der Waals surface area (Å²) in [7, 11) is 0. The van der Waals surface area contributed by atoms with E-state index in [0.717, 1.165) is 37.7 Å². The number of benzene rings is 3. The zero-order chi connectivity index (χ0) is 31.9. The third-order valence-corrected chi connectivity index (χ3v) is 9.09. The second-order valence-corrected chi connectivity index (χ2v) is 13.5. The van der Waals surface area contributed by atoms with Gasteiger partial charge in [0.1, 0.15) is 18.2 Å². The minimum Gasteiger partial charge on any atom is -0.461 e.